The quantitative estimate of drug-likeness (QED) is 0.686. The van der Waals surface area contributed by atoms with Crippen molar-refractivity contribution in [1.82, 2.24) is 4.90 Å². The van der Waals surface area contributed by atoms with Crippen LogP contribution < -0.4 is 0 Å². The molecule has 0 aromatic carbocycles. The summed E-state index contributed by atoms with van der Waals surface area (Å²) in [5.41, 5.74) is -0.549. The molecular weight excluding hydrogens is 210 g/mol. The Hall–Kier alpha value is -0.860. The van der Waals surface area contributed by atoms with Gasteiger partial charge in [-0.1, -0.05) is 43.6 Å². The second-order valence-electron chi connectivity index (χ2n) is 4.86. The van der Waals surface area contributed by atoms with Crippen LogP contribution in [0, 0.1) is 0 Å². The van der Waals surface area contributed by atoms with Gasteiger partial charge in [0.2, 0.25) is 0 Å². The fraction of sp³-hybridized carbons (Fsp3) is 0.600. The van der Waals surface area contributed by atoms with Crippen molar-refractivity contribution in [1.29, 1.82) is 0 Å². The normalized spacial score (nSPS) is 19.6. The number of hydrogen-bond donors (Lipinski definition) is 1. The zero-order chi connectivity index (χ0) is 12.6. The highest BCUT2D eigenvalue weighted by Crippen LogP contribution is 2.28. The third kappa shape index (κ3) is 5.33. The van der Waals surface area contributed by atoms with E-state index in [2.05, 4.69) is 24.1 Å². The molecular formula is C15H25NO. The molecule has 0 saturated heterocycles. The highest BCUT2D eigenvalue weighted by atomic mass is 16.3. The third-order valence-electron chi connectivity index (χ3n) is 3.29. The maximum Gasteiger partial charge on any atom is 0.0828 e. The van der Waals surface area contributed by atoms with Crippen LogP contribution in [0.2, 0.25) is 0 Å². The van der Waals surface area contributed by atoms with Gasteiger partial charge in [-0.05, 0) is 12.8 Å². The second-order valence-corrected chi connectivity index (χ2v) is 4.86. The van der Waals surface area contributed by atoms with E-state index in [0.717, 1.165) is 45.3 Å². The molecule has 1 rings (SSSR count). The average molecular weight is 235 g/mol. The monoisotopic (exact) mass is 235 g/mol. The fourth-order valence-corrected chi connectivity index (χ4v) is 2.34. The molecule has 0 radical (unpaired) electrons. The topological polar surface area (TPSA) is 23.5 Å². The number of nitrogens with zero attached hydrogens (tertiary/aromatic N) is 1. The van der Waals surface area contributed by atoms with E-state index in [-0.39, 0.29) is 0 Å². The molecule has 0 heterocycles. The van der Waals surface area contributed by atoms with Crippen LogP contribution in [-0.4, -0.2) is 35.2 Å². The maximum absolute atomic E-state index is 10.3. The average Bonchev–Trinajstić information content (AvgIpc) is 2.30. The molecule has 1 saturated carbocycles. The number of aliphatic hydroxyl groups is 1. The van der Waals surface area contributed by atoms with Crippen LogP contribution in [0.15, 0.2) is 37.5 Å². The van der Waals surface area contributed by atoms with Crippen molar-refractivity contribution in [3.8, 4) is 0 Å². The van der Waals surface area contributed by atoms with Crippen molar-refractivity contribution < 1.29 is 5.11 Å². The molecule has 0 unspecified atom stereocenters. The van der Waals surface area contributed by atoms with Crippen LogP contribution >= 0.6 is 0 Å². The van der Waals surface area contributed by atoms with E-state index in [1.165, 1.54) is 6.42 Å². The summed E-state index contributed by atoms with van der Waals surface area (Å²) in [4.78, 5) is 2.22. The third-order valence-corrected chi connectivity index (χ3v) is 3.29. The highest BCUT2D eigenvalue weighted by molar-refractivity contribution is 5.03. The van der Waals surface area contributed by atoms with Gasteiger partial charge in [0.25, 0.3) is 0 Å². The summed E-state index contributed by atoms with van der Waals surface area (Å²) in [5, 5.41) is 10.3. The van der Waals surface area contributed by atoms with E-state index < -0.39 is 5.60 Å². The second kappa shape index (κ2) is 7.46. The first-order valence-electron chi connectivity index (χ1n) is 6.54. The Bertz CT molecular complexity index is 254. The number of rotatable bonds is 7. The van der Waals surface area contributed by atoms with E-state index in [1.807, 2.05) is 18.2 Å². The lowest BCUT2D eigenvalue weighted by Gasteiger charge is -2.29. The minimum Gasteiger partial charge on any atom is -0.386 e. The van der Waals surface area contributed by atoms with Gasteiger partial charge in [-0.25, -0.2) is 0 Å². The summed E-state index contributed by atoms with van der Waals surface area (Å²) < 4.78 is 0. The van der Waals surface area contributed by atoms with Crippen LogP contribution in [0.1, 0.15) is 32.1 Å². The summed E-state index contributed by atoms with van der Waals surface area (Å²) in [6, 6.07) is 0. The summed E-state index contributed by atoms with van der Waals surface area (Å²) in [6.07, 6.45) is 13.2. The van der Waals surface area contributed by atoms with Crippen LogP contribution in [-0.2, 0) is 0 Å². The first kappa shape index (κ1) is 14.2. The number of hydrogen-bond acceptors (Lipinski definition) is 2. The Balaban J connectivity index is 2.40. The standard InChI is InChI=1S/C15H25NO/c1-3-12-16(13-4-2)14-8-11-15(17)9-6-5-7-10-15/h3-4,8,11,17H,1-2,5-7,9-10,12-14H2/b11-8-. The van der Waals surface area contributed by atoms with Crippen molar-refractivity contribution in [2.45, 2.75) is 37.7 Å². The van der Waals surface area contributed by atoms with Gasteiger partial charge in [0.15, 0.2) is 0 Å². The van der Waals surface area contributed by atoms with E-state index in [4.69, 9.17) is 0 Å². The molecule has 1 fully saturated rings. The minimum absolute atomic E-state index is 0.549. The summed E-state index contributed by atoms with van der Waals surface area (Å²) in [7, 11) is 0. The van der Waals surface area contributed by atoms with Gasteiger partial charge in [-0.15, -0.1) is 13.2 Å². The molecule has 1 aliphatic carbocycles. The van der Waals surface area contributed by atoms with Gasteiger partial charge < -0.3 is 5.11 Å². The van der Waals surface area contributed by atoms with Gasteiger partial charge in [0.1, 0.15) is 0 Å². The lowest BCUT2D eigenvalue weighted by Crippen LogP contribution is -2.29. The van der Waals surface area contributed by atoms with E-state index >= 15 is 0 Å². The molecule has 0 aromatic heterocycles. The Morgan fingerprint density at radius 2 is 1.59 bits per heavy atom. The Kier molecular flexibility index (Phi) is 6.23. The lowest BCUT2D eigenvalue weighted by atomic mass is 9.85. The largest absolute Gasteiger partial charge is 0.386 e. The van der Waals surface area contributed by atoms with Crippen LogP contribution in [0.4, 0.5) is 0 Å². The Morgan fingerprint density at radius 3 is 2.12 bits per heavy atom. The van der Waals surface area contributed by atoms with E-state index in [0.29, 0.717) is 0 Å². The fourth-order valence-electron chi connectivity index (χ4n) is 2.34. The molecule has 2 nitrogen and oxygen atoms in total. The first-order chi connectivity index (χ1) is 8.20. The Labute approximate surface area is 105 Å². The molecule has 1 N–H and O–H groups in total. The summed E-state index contributed by atoms with van der Waals surface area (Å²) in [6.45, 7) is 10.0. The molecule has 17 heavy (non-hydrogen) atoms. The van der Waals surface area contributed by atoms with Crippen LogP contribution in [0.25, 0.3) is 0 Å². The first-order valence-corrected chi connectivity index (χ1v) is 6.54. The van der Waals surface area contributed by atoms with Crippen molar-refractivity contribution in [3.63, 3.8) is 0 Å². The predicted molar refractivity (Wildman–Crippen MR) is 74.0 cm³/mol. The molecule has 96 valence electrons. The molecule has 0 bridgehead atoms. The molecule has 0 atom stereocenters. The summed E-state index contributed by atoms with van der Waals surface area (Å²) in [5.74, 6) is 0. The van der Waals surface area contributed by atoms with Gasteiger partial charge in [-0.3, -0.25) is 4.90 Å². The zero-order valence-electron chi connectivity index (χ0n) is 10.8. The van der Waals surface area contributed by atoms with Crippen LogP contribution in [0.5, 0.6) is 0 Å². The molecule has 2 heteroatoms. The maximum atomic E-state index is 10.3. The predicted octanol–water partition coefficient (Wildman–Crippen LogP) is 2.91. The Morgan fingerprint density at radius 1 is 1.00 bits per heavy atom. The van der Waals surface area contributed by atoms with E-state index in [9.17, 15) is 5.11 Å². The van der Waals surface area contributed by atoms with Gasteiger partial charge in [0.05, 0.1) is 5.60 Å². The molecule has 0 aliphatic heterocycles. The van der Waals surface area contributed by atoms with Crippen LogP contribution in [0.3, 0.4) is 0 Å². The van der Waals surface area contributed by atoms with Crippen molar-refractivity contribution >= 4 is 0 Å². The molecule has 0 aromatic rings. The van der Waals surface area contributed by atoms with Gasteiger partial charge >= 0.3 is 0 Å². The molecule has 0 amide bonds. The zero-order valence-corrected chi connectivity index (χ0v) is 10.8. The summed E-state index contributed by atoms with van der Waals surface area (Å²) >= 11 is 0. The SMILES string of the molecule is C=CCN(CC=C)C/C=C\C1(O)CCCCC1. The van der Waals surface area contributed by atoms with Gasteiger partial charge in [0, 0.05) is 19.6 Å². The van der Waals surface area contributed by atoms with E-state index in [1.54, 1.807) is 0 Å². The van der Waals surface area contributed by atoms with Crippen molar-refractivity contribution in [3.05, 3.63) is 37.5 Å². The van der Waals surface area contributed by atoms with Crippen molar-refractivity contribution in [2.24, 2.45) is 0 Å². The molecule has 1 aliphatic rings. The minimum atomic E-state index is -0.549. The molecule has 0 spiro atoms. The smallest absolute Gasteiger partial charge is 0.0828 e. The van der Waals surface area contributed by atoms with Gasteiger partial charge in [-0.2, -0.15) is 0 Å². The lowest BCUT2D eigenvalue weighted by molar-refractivity contribution is 0.0509. The van der Waals surface area contributed by atoms with Crippen molar-refractivity contribution in [2.75, 3.05) is 19.6 Å². The highest BCUT2D eigenvalue weighted by Gasteiger charge is 2.25.